The van der Waals surface area contributed by atoms with Gasteiger partial charge < -0.3 is 16.0 Å². The molecule has 0 spiro atoms. The summed E-state index contributed by atoms with van der Waals surface area (Å²) in [7, 11) is 0. The standard InChI is InChI=1S/C24H26N6O2S/c1-15-10-26-11-16(2)30(15)20-6-3-17(4-7-20)19-12-27-24-21(13-28-29(24)14-19)18-5-8-22(25)23(9-18)33(31)32/h3-9,12-16,26H,10-11,25H2,1-2H3,(H,31,32)/p+1/t15-,16+. The van der Waals surface area contributed by atoms with Crippen LogP contribution in [0.5, 0.6) is 0 Å². The Labute approximate surface area is 194 Å². The average Bonchev–Trinajstić information content (AvgIpc) is 3.23. The molecule has 0 amide bonds. The Bertz CT molecular complexity index is 1330. The first-order chi connectivity index (χ1) is 15.9. The number of aromatic nitrogens is 3. The number of rotatable bonds is 4. The second-order valence-electron chi connectivity index (χ2n) is 8.53. The van der Waals surface area contributed by atoms with Crippen LogP contribution in [0.4, 0.5) is 11.4 Å². The summed E-state index contributed by atoms with van der Waals surface area (Å²) in [6, 6.07) is 14.5. The van der Waals surface area contributed by atoms with Crippen LogP contribution in [0.1, 0.15) is 13.8 Å². The maximum atomic E-state index is 11.6. The van der Waals surface area contributed by atoms with Crippen LogP contribution in [0.2, 0.25) is 0 Å². The Kier molecular flexibility index (Phi) is 5.61. The molecule has 33 heavy (non-hydrogen) atoms. The molecular formula is C24H27N6O2S+. The van der Waals surface area contributed by atoms with Gasteiger partial charge in [-0.15, -0.1) is 0 Å². The normalized spacial score (nSPS) is 19.7. The van der Waals surface area contributed by atoms with Crippen LogP contribution < -0.4 is 16.0 Å². The van der Waals surface area contributed by atoms with Gasteiger partial charge in [0, 0.05) is 60.4 Å². The third-order valence-corrected chi connectivity index (χ3v) is 7.03. The second-order valence-corrected chi connectivity index (χ2v) is 9.55. The lowest BCUT2D eigenvalue weighted by Gasteiger charge is -2.41. The highest BCUT2D eigenvalue weighted by Crippen LogP contribution is 2.30. The Morgan fingerprint density at radius 3 is 2.42 bits per heavy atom. The summed E-state index contributed by atoms with van der Waals surface area (Å²) in [6.45, 7) is 6.45. The van der Waals surface area contributed by atoms with Crippen molar-refractivity contribution in [1.82, 2.24) is 19.9 Å². The summed E-state index contributed by atoms with van der Waals surface area (Å²) in [5.41, 5.74) is 11.6. The third-order valence-electron chi connectivity index (χ3n) is 6.23. The lowest BCUT2D eigenvalue weighted by atomic mass is 10.0. The fraction of sp³-hybridized carbons (Fsp3) is 0.250. The first kappa shape index (κ1) is 21.6. The van der Waals surface area contributed by atoms with Crippen LogP contribution in [0, 0.1) is 0 Å². The van der Waals surface area contributed by atoms with Gasteiger partial charge in [-0.2, -0.15) is 9.65 Å². The van der Waals surface area contributed by atoms with E-state index in [4.69, 9.17) is 5.73 Å². The van der Waals surface area contributed by atoms with Gasteiger partial charge in [0.15, 0.2) is 5.65 Å². The molecule has 0 saturated carbocycles. The Balaban J connectivity index is 1.45. The number of hydrogen-bond acceptors (Lipinski definition) is 6. The fourth-order valence-corrected chi connectivity index (χ4v) is 5.12. The van der Waals surface area contributed by atoms with E-state index in [0.29, 0.717) is 23.4 Å². The van der Waals surface area contributed by atoms with Crippen molar-refractivity contribution in [2.45, 2.75) is 30.8 Å². The van der Waals surface area contributed by atoms with Crippen LogP contribution in [-0.4, -0.2) is 44.3 Å². The number of benzene rings is 2. The molecule has 4 aromatic rings. The molecule has 8 nitrogen and oxygen atoms in total. The predicted molar refractivity (Wildman–Crippen MR) is 133 cm³/mol. The molecule has 0 bridgehead atoms. The molecule has 5 rings (SSSR count). The van der Waals surface area contributed by atoms with Gasteiger partial charge in [0.05, 0.1) is 11.9 Å². The van der Waals surface area contributed by atoms with Gasteiger partial charge in [-0.1, -0.05) is 22.4 Å². The summed E-state index contributed by atoms with van der Waals surface area (Å²) in [4.78, 5) is 7.32. The number of fused-ring (bicyclic) bond motifs is 1. The van der Waals surface area contributed by atoms with E-state index in [9.17, 15) is 8.76 Å². The molecule has 0 radical (unpaired) electrons. The van der Waals surface area contributed by atoms with Crippen LogP contribution >= 0.6 is 0 Å². The van der Waals surface area contributed by atoms with E-state index in [-0.39, 0.29) is 4.90 Å². The fourth-order valence-electron chi connectivity index (χ4n) is 4.57. The topological polar surface area (TPSA) is 109 Å². The highest BCUT2D eigenvalue weighted by molar-refractivity contribution is 7.79. The smallest absolute Gasteiger partial charge is 0.237 e. The van der Waals surface area contributed by atoms with Crippen LogP contribution in [0.3, 0.4) is 0 Å². The molecule has 3 atom stereocenters. The predicted octanol–water partition coefficient (Wildman–Crippen LogP) is 3.36. The maximum absolute atomic E-state index is 11.6. The summed E-state index contributed by atoms with van der Waals surface area (Å²) < 4.78 is 22.8. The van der Waals surface area contributed by atoms with Crippen molar-refractivity contribution in [2.75, 3.05) is 23.7 Å². The largest absolute Gasteiger partial charge is 0.395 e. The minimum absolute atomic E-state index is 0.215. The molecule has 2 aromatic heterocycles. The molecule has 4 N–H and O–H groups in total. The zero-order chi connectivity index (χ0) is 23.1. The molecule has 9 heteroatoms. The Hall–Kier alpha value is -3.27. The van der Waals surface area contributed by atoms with Gasteiger partial charge in [0.25, 0.3) is 0 Å². The van der Waals surface area contributed by atoms with Gasteiger partial charge in [0.2, 0.25) is 16.0 Å². The third kappa shape index (κ3) is 3.99. The minimum atomic E-state index is -2.53. The molecule has 2 aromatic carbocycles. The molecule has 1 aliphatic heterocycles. The summed E-state index contributed by atoms with van der Waals surface area (Å²) in [5, 5.41) is 7.93. The number of nitrogens with zero attached hydrogens (tertiary/aromatic N) is 4. The first-order valence-electron chi connectivity index (χ1n) is 10.9. The zero-order valence-electron chi connectivity index (χ0n) is 18.5. The van der Waals surface area contributed by atoms with E-state index in [1.807, 2.05) is 12.4 Å². The van der Waals surface area contributed by atoms with E-state index in [1.165, 1.54) is 5.69 Å². The van der Waals surface area contributed by atoms with Crippen LogP contribution in [0.15, 0.2) is 66.0 Å². The zero-order valence-corrected chi connectivity index (χ0v) is 19.4. The number of nitrogens with one attached hydrogen (secondary N) is 1. The van der Waals surface area contributed by atoms with Crippen molar-refractivity contribution >= 4 is 28.1 Å². The first-order valence-corrected chi connectivity index (χ1v) is 12.1. The Morgan fingerprint density at radius 2 is 1.73 bits per heavy atom. The van der Waals surface area contributed by atoms with Crippen molar-refractivity contribution < 1.29 is 8.76 Å². The second kappa shape index (κ2) is 8.58. The number of thiol groups is 1. The van der Waals surface area contributed by atoms with Crippen LogP contribution in [-0.2, 0) is 15.3 Å². The van der Waals surface area contributed by atoms with Crippen molar-refractivity contribution in [1.29, 1.82) is 0 Å². The highest BCUT2D eigenvalue weighted by Gasteiger charge is 2.24. The molecule has 3 heterocycles. The lowest BCUT2D eigenvalue weighted by Crippen LogP contribution is -2.55. The molecule has 1 aliphatic rings. The van der Waals surface area contributed by atoms with E-state index in [1.54, 1.807) is 28.9 Å². The number of anilines is 2. The Morgan fingerprint density at radius 1 is 1.03 bits per heavy atom. The van der Waals surface area contributed by atoms with E-state index in [0.717, 1.165) is 35.3 Å². The molecular weight excluding hydrogens is 436 g/mol. The van der Waals surface area contributed by atoms with Gasteiger partial charge >= 0.3 is 0 Å². The van der Waals surface area contributed by atoms with Crippen molar-refractivity contribution in [3.8, 4) is 22.3 Å². The number of nitrogens with two attached hydrogens (primary N) is 1. The summed E-state index contributed by atoms with van der Waals surface area (Å²) >= 11 is -2.53. The van der Waals surface area contributed by atoms with Crippen molar-refractivity contribution in [3.05, 3.63) is 61.1 Å². The number of hydrogen-bond donors (Lipinski definition) is 3. The molecule has 0 aliphatic carbocycles. The van der Waals surface area contributed by atoms with E-state index in [2.05, 4.69) is 58.4 Å². The van der Waals surface area contributed by atoms with Gasteiger partial charge in [-0.3, -0.25) is 0 Å². The number of piperazine rings is 1. The van der Waals surface area contributed by atoms with Gasteiger partial charge in [-0.25, -0.2) is 9.50 Å². The average molecular weight is 464 g/mol. The molecule has 1 saturated heterocycles. The monoisotopic (exact) mass is 463 g/mol. The number of nitrogen functional groups attached to an aromatic ring is 1. The lowest BCUT2D eigenvalue weighted by molar-refractivity contribution is 0.432. The van der Waals surface area contributed by atoms with Crippen molar-refractivity contribution in [3.63, 3.8) is 0 Å². The SMILES string of the molecule is C[C@@H]1CNC[C@H](C)N1c1ccc(-c2cnc3c(-c4ccc(N)c([SH+](=O)O)c4)cnn3c2)cc1. The van der Waals surface area contributed by atoms with Gasteiger partial charge in [0.1, 0.15) is 0 Å². The molecule has 1 unspecified atom stereocenters. The van der Waals surface area contributed by atoms with Crippen molar-refractivity contribution in [2.24, 2.45) is 0 Å². The minimum Gasteiger partial charge on any atom is -0.395 e. The quantitative estimate of drug-likeness (QED) is 0.242. The highest BCUT2D eigenvalue weighted by atomic mass is 32.2. The van der Waals surface area contributed by atoms with E-state index >= 15 is 0 Å². The summed E-state index contributed by atoms with van der Waals surface area (Å²) in [5.74, 6) is 0. The van der Waals surface area contributed by atoms with Crippen LogP contribution in [0.25, 0.3) is 27.9 Å². The summed E-state index contributed by atoms with van der Waals surface area (Å²) in [6.07, 6.45) is 5.49. The molecule has 1 fully saturated rings. The maximum Gasteiger partial charge on any atom is 0.237 e. The molecule has 170 valence electrons. The van der Waals surface area contributed by atoms with E-state index < -0.39 is 11.1 Å². The van der Waals surface area contributed by atoms with Gasteiger partial charge in [-0.05, 0) is 43.2 Å².